The highest BCUT2D eigenvalue weighted by atomic mass is 19.1. The van der Waals surface area contributed by atoms with Crippen LogP contribution in [0.3, 0.4) is 0 Å². The molecule has 0 heterocycles. The van der Waals surface area contributed by atoms with Gasteiger partial charge in [0.25, 0.3) is 0 Å². The minimum atomic E-state index is -0.355. The van der Waals surface area contributed by atoms with Crippen LogP contribution in [0.1, 0.15) is 12.5 Å². The summed E-state index contributed by atoms with van der Waals surface area (Å²) in [6.07, 6.45) is 1.85. The van der Waals surface area contributed by atoms with E-state index in [1.807, 2.05) is 13.0 Å². The number of halogens is 1. The Kier molecular flexibility index (Phi) is 3.65. The van der Waals surface area contributed by atoms with Gasteiger partial charge in [-0.15, -0.1) is 0 Å². The fourth-order valence-corrected chi connectivity index (χ4v) is 1.12. The molecule has 76 valence electrons. The van der Waals surface area contributed by atoms with Gasteiger partial charge in [0.15, 0.2) is 11.6 Å². The SMILES string of the molecule is COc1ccc(C=C(C)CN)cc1F. The number of hydrogen-bond donors (Lipinski definition) is 1. The molecular formula is C11H14FNO. The maximum Gasteiger partial charge on any atom is 0.165 e. The van der Waals surface area contributed by atoms with Crippen LogP contribution in [0.4, 0.5) is 4.39 Å². The van der Waals surface area contributed by atoms with Gasteiger partial charge in [0.1, 0.15) is 0 Å². The van der Waals surface area contributed by atoms with E-state index in [-0.39, 0.29) is 11.6 Å². The summed E-state index contributed by atoms with van der Waals surface area (Å²) in [5.74, 6) is -0.0985. The van der Waals surface area contributed by atoms with Gasteiger partial charge in [-0.1, -0.05) is 17.7 Å². The maximum atomic E-state index is 13.2. The number of rotatable bonds is 3. The summed E-state index contributed by atoms with van der Waals surface area (Å²) >= 11 is 0. The predicted molar refractivity (Wildman–Crippen MR) is 55.7 cm³/mol. The molecule has 0 fully saturated rings. The van der Waals surface area contributed by atoms with E-state index in [0.717, 1.165) is 11.1 Å². The Morgan fingerprint density at radius 2 is 2.29 bits per heavy atom. The summed E-state index contributed by atoms with van der Waals surface area (Å²) in [5.41, 5.74) is 7.23. The molecule has 0 unspecified atom stereocenters. The highest BCUT2D eigenvalue weighted by Gasteiger charge is 2.01. The monoisotopic (exact) mass is 195 g/mol. The van der Waals surface area contributed by atoms with E-state index in [1.54, 1.807) is 12.1 Å². The first-order valence-electron chi connectivity index (χ1n) is 4.38. The van der Waals surface area contributed by atoms with Crippen LogP contribution in [0.15, 0.2) is 23.8 Å². The summed E-state index contributed by atoms with van der Waals surface area (Å²) in [6.45, 7) is 2.38. The molecule has 3 heteroatoms. The van der Waals surface area contributed by atoms with Gasteiger partial charge in [-0.3, -0.25) is 0 Å². The lowest BCUT2D eigenvalue weighted by atomic mass is 10.1. The molecule has 0 spiro atoms. The van der Waals surface area contributed by atoms with Gasteiger partial charge in [-0.05, 0) is 24.6 Å². The van der Waals surface area contributed by atoms with E-state index in [1.165, 1.54) is 13.2 Å². The Balaban J connectivity index is 2.97. The number of ether oxygens (including phenoxy) is 1. The van der Waals surface area contributed by atoms with Gasteiger partial charge in [-0.25, -0.2) is 4.39 Å². The van der Waals surface area contributed by atoms with E-state index in [9.17, 15) is 4.39 Å². The lowest BCUT2D eigenvalue weighted by molar-refractivity contribution is 0.386. The topological polar surface area (TPSA) is 35.2 Å². The third-order valence-corrected chi connectivity index (χ3v) is 1.91. The number of methoxy groups -OCH3 is 1. The Labute approximate surface area is 83.2 Å². The minimum absolute atomic E-state index is 0.257. The van der Waals surface area contributed by atoms with E-state index >= 15 is 0 Å². The maximum absolute atomic E-state index is 13.2. The van der Waals surface area contributed by atoms with Crippen LogP contribution >= 0.6 is 0 Å². The quantitative estimate of drug-likeness (QED) is 0.802. The van der Waals surface area contributed by atoms with Crippen molar-refractivity contribution in [2.24, 2.45) is 5.73 Å². The average Bonchev–Trinajstić information content (AvgIpc) is 2.18. The van der Waals surface area contributed by atoms with Crippen molar-refractivity contribution in [2.45, 2.75) is 6.92 Å². The molecule has 14 heavy (non-hydrogen) atoms. The number of hydrogen-bond acceptors (Lipinski definition) is 2. The molecule has 0 atom stereocenters. The Hall–Kier alpha value is -1.35. The van der Waals surface area contributed by atoms with Gasteiger partial charge in [0, 0.05) is 6.54 Å². The first kappa shape index (κ1) is 10.7. The van der Waals surface area contributed by atoms with Crippen LogP contribution in [0.25, 0.3) is 6.08 Å². The van der Waals surface area contributed by atoms with Gasteiger partial charge in [0.05, 0.1) is 7.11 Å². The normalized spacial score (nSPS) is 11.6. The Morgan fingerprint density at radius 1 is 1.57 bits per heavy atom. The average molecular weight is 195 g/mol. The van der Waals surface area contributed by atoms with Crippen LogP contribution < -0.4 is 10.5 Å². The lowest BCUT2D eigenvalue weighted by Crippen LogP contribution is -1.99. The second kappa shape index (κ2) is 4.77. The van der Waals surface area contributed by atoms with E-state index in [2.05, 4.69) is 0 Å². The Bertz CT molecular complexity index is 347. The third-order valence-electron chi connectivity index (χ3n) is 1.91. The lowest BCUT2D eigenvalue weighted by Gasteiger charge is -2.02. The molecular weight excluding hydrogens is 181 g/mol. The second-order valence-corrected chi connectivity index (χ2v) is 3.09. The molecule has 0 bridgehead atoms. The summed E-state index contributed by atoms with van der Waals surface area (Å²) < 4.78 is 18.0. The fourth-order valence-electron chi connectivity index (χ4n) is 1.12. The molecule has 0 aliphatic rings. The molecule has 1 aromatic carbocycles. The van der Waals surface area contributed by atoms with Crippen LogP contribution in [0, 0.1) is 5.82 Å². The van der Waals surface area contributed by atoms with Crippen molar-refractivity contribution < 1.29 is 9.13 Å². The van der Waals surface area contributed by atoms with Crippen molar-refractivity contribution in [2.75, 3.05) is 13.7 Å². The summed E-state index contributed by atoms with van der Waals surface area (Å²) in [7, 11) is 1.44. The van der Waals surface area contributed by atoms with Gasteiger partial charge >= 0.3 is 0 Å². The van der Waals surface area contributed by atoms with Crippen molar-refractivity contribution in [3.05, 3.63) is 35.2 Å². The van der Waals surface area contributed by atoms with E-state index in [0.29, 0.717) is 6.54 Å². The van der Waals surface area contributed by atoms with Gasteiger partial charge in [0.2, 0.25) is 0 Å². The van der Waals surface area contributed by atoms with Crippen LogP contribution in [-0.2, 0) is 0 Å². The first-order chi connectivity index (χ1) is 6.67. The highest BCUT2D eigenvalue weighted by molar-refractivity contribution is 5.54. The molecule has 1 rings (SSSR count). The Morgan fingerprint density at radius 3 is 2.79 bits per heavy atom. The summed E-state index contributed by atoms with van der Waals surface area (Å²) in [5, 5.41) is 0. The molecule has 1 aromatic rings. The zero-order valence-electron chi connectivity index (χ0n) is 8.38. The molecule has 0 saturated heterocycles. The smallest absolute Gasteiger partial charge is 0.165 e. The third kappa shape index (κ3) is 2.57. The summed E-state index contributed by atoms with van der Waals surface area (Å²) in [4.78, 5) is 0. The number of benzene rings is 1. The minimum Gasteiger partial charge on any atom is -0.494 e. The highest BCUT2D eigenvalue weighted by Crippen LogP contribution is 2.18. The molecule has 2 nitrogen and oxygen atoms in total. The van der Waals surface area contributed by atoms with E-state index in [4.69, 9.17) is 10.5 Å². The van der Waals surface area contributed by atoms with Crippen LogP contribution in [0.2, 0.25) is 0 Å². The van der Waals surface area contributed by atoms with Crippen LogP contribution in [0.5, 0.6) is 5.75 Å². The van der Waals surface area contributed by atoms with Crippen molar-refractivity contribution >= 4 is 6.08 Å². The molecule has 0 aliphatic heterocycles. The molecule has 0 radical (unpaired) electrons. The van der Waals surface area contributed by atoms with Gasteiger partial charge < -0.3 is 10.5 Å². The molecule has 0 aliphatic carbocycles. The zero-order valence-corrected chi connectivity index (χ0v) is 8.38. The standard InChI is InChI=1S/C11H14FNO/c1-8(7-13)5-9-3-4-11(14-2)10(12)6-9/h3-6H,7,13H2,1-2H3. The van der Waals surface area contributed by atoms with Crippen molar-refractivity contribution in [3.63, 3.8) is 0 Å². The van der Waals surface area contributed by atoms with Crippen molar-refractivity contribution in [1.82, 2.24) is 0 Å². The molecule has 0 aromatic heterocycles. The molecule has 0 amide bonds. The van der Waals surface area contributed by atoms with Crippen molar-refractivity contribution in [3.8, 4) is 5.75 Å². The first-order valence-corrected chi connectivity index (χ1v) is 4.38. The van der Waals surface area contributed by atoms with Crippen molar-refractivity contribution in [1.29, 1.82) is 0 Å². The largest absolute Gasteiger partial charge is 0.494 e. The number of nitrogens with two attached hydrogens (primary N) is 1. The molecule has 2 N–H and O–H groups in total. The van der Waals surface area contributed by atoms with Crippen LogP contribution in [-0.4, -0.2) is 13.7 Å². The second-order valence-electron chi connectivity index (χ2n) is 3.09. The fraction of sp³-hybridized carbons (Fsp3) is 0.273. The summed E-state index contributed by atoms with van der Waals surface area (Å²) in [6, 6.07) is 4.82. The van der Waals surface area contributed by atoms with Gasteiger partial charge in [-0.2, -0.15) is 0 Å². The van der Waals surface area contributed by atoms with E-state index < -0.39 is 0 Å². The molecule has 0 saturated carbocycles. The zero-order chi connectivity index (χ0) is 10.6. The predicted octanol–water partition coefficient (Wildman–Crippen LogP) is 2.20.